The summed E-state index contributed by atoms with van der Waals surface area (Å²) in [6.45, 7) is 3.48. The van der Waals surface area contributed by atoms with E-state index in [-0.39, 0.29) is 12.9 Å². The molecule has 1 fully saturated rings. The largest absolute Gasteiger partial charge is 0.457 e. The average molecular weight is 222 g/mol. The van der Waals surface area contributed by atoms with Crippen molar-refractivity contribution < 1.29 is 18.9 Å². The van der Waals surface area contributed by atoms with E-state index in [0.717, 1.165) is 23.7 Å². The van der Waals surface area contributed by atoms with Crippen LogP contribution in [0.1, 0.15) is 18.6 Å². The van der Waals surface area contributed by atoms with Crippen LogP contribution in [-0.4, -0.2) is 20.2 Å². The molecule has 0 N–H and O–H groups in total. The number of fused-ring (bicyclic) bond motifs is 2. The number of rotatable bonds is 1. The van der Waals surface area contributed by atoms with Gasteiger partial charge >= 0.3 is 0 Å². The highest BCUT2D eigenvalue weighted by molar-refractivity contribution is 5.43. The van der Waals surface area contributed by atoms with Crippen LogP contribution in [0.5, 0.6) is 11.5 Å². The first-order valence-electron chi connectivity index (χ1n) is 5.43. The minimum Gasteiger partial charge on any atom is -0.457 e. The van der Waals surface area contributed by atoms with Gasteiger partial charge in [0.1, 0.15) is 18.3 Å². The summed E-state index contributed by atoms with van der Waals surface area (Å²) in [6.07, 6.45) is 0.0518. The van der Waals surface area contributed by atoms with Crippen LogP contribution in [0.15, 0.2) is 18.2 Å². The second kappa shape index (κ2) is 3.96. The van der Waals surface area contributed by atoms with E-state index in [1.54, 1.807) is 0 Å². The molecule has 4 heteroatoms. The van der Waals surface area contributed by atoms with Gasteiger partial charge in [-0.3, -0.25) is 0 Å². The highest BCUT2D eigenvalue weighted by atomic mass is 16.7. The van der Waals surface area contributed by atoms with E-state index < -0.39 is 0 Å². The molecule has 1 saturated heterocycles. The zero-order chi connectivity index (χ0) is 11.0. The lowest BCUT2D eigenvalue weighted by atomic mass is 9.96. The Bertz CT molecular complexity index is 391. The van der Waals surface area contributed by atoms with Crippen molar-refractivity contribution in [3.8, 4) is 11.5 Å². The van der Waals surface area contributed by atoms with Gasteiger partial charge in [-0.2, -0.15) is 0 Å². The molecule has 1 aromatic rings. The molecule has 3 rings (SSSR count). The summed E-state index contributed by atoms with van der Waals surface area (Å²) >= 11 is 0. The van der Waals surface area contributed by atoms with Gasteiger partial charge in [-0.25, -0.2) is 0 Å². The Balaban J connectivity index is 1.93. The van der Waals surface area contributed by atoms with Gasteiger partial charge in [-0.1, -0.05) is 6.92 Å². The molecule has 0 aromatic heterocycles. The fraction of sp³-hybridized carbons (Fsp3) is 0.500. The van der Waals surface area contributed by atoms with Crippen molar-refractivity contribution in [2.75, 3.05) is 20.2 Å². The first kappa shape index (κ1) is 9.93. The molecular formula is C12H14O4. The Labute approximate surface area is 94.1 Å². The summed E-state index contributed by atoms with van der Waals surface area (Å²) in [6, 6.07) is 5.87. The second-order valence-corrected chi connectivity index (χ2v) is 4.16. The van der Waals surface area contributed by atoms with Crippen LogP contribution in [0.4, 0.5) is 0 Å². The third-order valence-electron chi connectivity index (χ3n) is 2.96. The maximum atomic E-state index is 5.64. The highest BCUT2D eigenvalue weighted by Crippen LogP contribution is 2.38. The highest BCUT2D eigenvalue weighted by Gasteiger charge is 2.28. The molecule has 16 heavy (non-hydrogen) atoms. The second-order valence-electron chi connectivity index (χ2n) is 4.16. The molecule has 0 spiro atoms. The molecule has 0 amide bonds. The molecule has 2 unspecified atom stereocenters. The summed E-state index contributed by atoms with van der Waals surface area (Å²) < 4.78 is 21.6. The quantitative estimate of drug-likeness (QED) is 0.729. The third kappa shape index (κ3) is 1.64. The van der Waals surface area contributed by atoms with E-state index in [1.807, 2.05) is 18.2 Å². The minimum atomic E-state index is 0.0518. The molecule has 86 valence electrons. The molecule has 0 aliphatic carbocycles. The Morgan fingerprint density at radius 3 is 3.00 bits per heavy atom. The lowest BCUT2D eigenvalue weighted by Crippen LogP contribution is -2.27. The molecule has 2 aliphatic rings. The normalized spacial score (nSPS) is 28.1. The van der Waals surface area contributed by atoms with Crippen molar-refractivity contribution in [1.29, 1.82) is 0 Å². The zero-order valence-electron chi connectivity index (χ0n) is 9.14. The van der Waals surface area contributed by atoms with E-state index in [9.17, 15) is 0 Å². The van der Waals surface area contributed by atoms with Gasteiger partial charge in [0.15, 0.2) is 0 Å². The lowest BCUT2D eigenvalue weighted by molar-refractivity contribution is -0.169. The number of hydrogen-bond donors (Lipinski definition) is 0. The van der Waals surface area contributed by atoms with Crippen LogP contribution in [0, 0.1) is 5.92 Å². The van der Waals surface area contributed by atoms with Gasteiger partial charge in [-0.15, -0.1) is 0 Å². The summed E-state index contributed by atoms with van der Waals surface area (Å²) in [5, 5.41) is 0. The van der Waals surface area contributed by atoms with Crippen molar-refractivity contribution in [1.82, 2.24) is 0 Å². The lowest BCUT2D eigenvalue weighted by Gasteiger charge is -2.31. The SMILES string of the molecule is CC1COCOC1c1ccc2cc1OCO2. The predicted molar refractivity (Wildman–Crippen MR) is 56.4 cm³/mol. The van der Waals surface area contributed by atoms with E-state index in [4.69, 9.17) is 18.9 Å². The predicted octanol–water partition coefficient (Wildman–Crippen LogP) is 2.10. The average Bonchev–Trinajstić information content (AvgIpc) is 2.31. The van der Waals surface area contributed by atoms with Gasteiger partial charge in [0.2, 0.25) is 6.79 Å². The smallest absolute Gasteiger partial charge is 0.230 e. The fourth-order valence-corrected chi connectivity index (χ4v) is 2.13. The minimum absolute atomic E-state index is 0.0518. The maximum absolute atomic E-state index is 5.64. The molecule has 2 aliphatic heterocycles. The number of ether oxygens (including phenoxy) is 4. The fourth-order valence-electron chi connectivity index (χ4n) is 2.13. The van der Waals surface area contributed by atoms with Crippen molar-refractivity contribution in [3.63, 3.8) is 0 Å². The van der Waals surface area contributed by atoms with E-state index in [1.165, 1.54) is 0 Å². The van der Waals surface area contributed by atoms with Crippen molar-refractivity contribution >= 4 is 0 Å². The monoisotopic (exact) mass is 222 g/mol. The van der Waals surface area contributed by atoms with Crippen LogP contribution in [-0.2, 0) is 9.47 Å². The molecule has 2 bridgehead atoms. The molecular weight excluding hydrogens is 208 g/mol. The first-order chi connectivity index (χ1) is 7.84. The van der Waals surface area contributed by atoms with Crippen molar-refractivity contribution in [2.24, 2.45) is 5.92 Å². The Kier molecular flexibility index (Phi) is 2.46. The topological polar surface area (TPSA) is 36.9 Å². The Morgan fingerprint density at radius 1 is 1.19 bits per heavy atom. The Morgan fingerprint density at radius 2 is 2.12 bits per heavy atom. The standard InChI is InChI=1S/C12H14O4/c1-8-5-13-6-16-12(8)10-3-2-9-4-11(10)15-7-14-9/h2-4,8,12H,5-7H2,1H3. The van der Waals surface area contributed by atoms with Crippen LogP contribution < -0.4 is 9.47 Å². The van der Waals surface area contributed by atoms with Gasteiger partial charge in [-0.05, 0) is 12.1 Å². The van der Waals surface area contributed by atoms with Gasteiger partial charge in [0.05, 0.1) is 12.7 Å². The molecule has 1 aromatic carbocycles. The first-order valence-corrected chi connectivity index (χ1v) is 5.43. The number of hydrogen-bond acceptors (Lipinski definition) is 4. The summed E-state index contributed by atoms with van der Waals surface area (Å²) in [5.74, 6) is 2.05. The van der Waals surface area contributed by atoms with Crippen molar-refractivity contribution in [2.45, 2.75) is 13.0 Å². The van der Waals surface area contributed by atoms with E-state index in [0.29, 0.717) is 12.7 Å². The third-order valence-corrected chi connectivity index (χ3v) is 2.96. The van der Waals surface area contributed by atoms with Crippen LogP contribution in [0.25, 0.3) is 0 Å². The molecule has 2 atom stereocenters. The Hall–Kier alpha value is -1.26. The molecule has 0 radical (unpaired) electrons. The van der Waals surface area contributed by atoms with Gasteiger partial charge in [0, 0.05) is 17.5 Å². The van der Waals surface area contributed by atoms with Crippen molar-refractivity contribution in [3.05, 3.63) is 23.8 Å². The molecule has 0 saturated carbocycles. The molecule has 4 nitrogen and oxygen atoms in total. The van der Waals surface area contributed by atoms with Crippen LogP contribution in [0.2, 0.25) is 0 Å². The molecule has 2 heterocycles. The zero-order valence-corrected chi connectivity index (χ0v) is 9.14. The van der Waals surface area contributed by atoms with Gasteiger partial charge < -0.3 is 18.9 Å². The van der Waals surface area contributed by atoms with E-state index in [2.05, 4.69) is 6.92 Å². The van der Waals surface area contributed by atoms with E-state index >= 15 is 0 Å². The van der Waals surface area contributed by atoms with Crippen LogP contribution in [0.3, 0.4) is 0 Å². The summed E-state index contributed by atoms with van der Waals surface area (Å²) in [7, 11) is 0. The summed E-state index contributed by atoms with van der Waals surface area (Å²) in [4.78, 5) is 0. The number of benzene rings is 1. The van der Waals surface area contributed by atoms with Crippen LogP contribution >= 0.6 is 0 Å². The summed E-state index contributed by atoms with van der Waals surface area (Å²) in [5.41, 5.74) is 1.09. The maximum Gasteiger partial charge on any atom is 0.230 e. The van der Waals surface area contributed by atoms with Gasteiger partial charge in [0.25, 0.3) is 0 Å².